The van der Waals surface area contributed by atoms with Crippen LogP contribution in [0.4, 0.5) is 10.1 Å². The molecule has 3 aromatic rings. The van der Waals surface area contributed by atoms with Crippen molar-refractivity contribution in [3.8, 4) is 0 Å². The third kappa shape index (κ3) is 4.55. The van der Waals surface area contributed by atoms with Crippen molar-refractivity contribution < 1.29 is 13.9 Å². The van der Waals surface area contributed by atoms with Crippen molar-refractivity contribution >= 4 is 46.3 Å². The fourth-order valence-electron chi connectivity index (χ4n) is 4.14. The number of benzene rings is 2. The van der Waals surface area contributed by atoms with Gasteiger partial charge in [0, 0.05) is 30.1 Å². The molecule has 1 aromatic heterocycles. The van der Waals surface area contributed by atoms with E-state index in [0.717, 1.165) is 43.1 Å². The van der Waals surface area contributed by atoms with E-state index < -0.39 is 11.4 Å². The number of carbonyl (C=O) groups is 1. The zero-order chi connectivity index (χ0) is 22.8. The van der Waals surface area contributed by atoms with Crippen LogP contribution in [0.3, 0.4) is 0 Å². The molecular formula is C25H21ClFN2O2S2. The lowest BCUT2D eigenvalue weighted by atomic mass is 9.79. The van der Waals surface area contributed by atoms with Crippen molar-refractivity contribution in [3.05, 3.63) is 92.2 Å². The van der Waals surface area contributed by atoms with E-state index in [1.54, 1.807) is 17.4 Å². The van der Waals surface area contributed by atoms with E-state index >= 15 is 0 Å². The van der Waals surface area contributed by atoms with Crippen LogP contribution in [-0.4, -0.2) is 32.2 Å². The number of amides is 1. The molecular weight excluding hydrogens is 479 g/mol. The third-order valence-electron chi connectivity index (χ3n) is 5.90. The Hall–Kier alpha value is -2.32. The Morgan fingerprint density at radius 1 is 1.12 bits per heavy atom. The fraction of sp³-hybridized carbons (Fsp3) is 0.240. The molecule has 1 amide bonds. The van der Waals surface area contributed by atoms with Crippen molar-refractivity contribution in [2.24, 2.45) is 0 Å². The number of ether oxygens (including phenoxy) is 1. The molecule has 8 heteroatoms. The number of halogens is 2. The minimum Gasteiger partial charge on any atom is -0.378 e. The van der Waals surface area contributed by atoms with Crippen LogP contribution in [0, 0.1) is 11.9 Å². The average molecular weight is 500 g/mol. The summed E-state index contributed by atoms with van der Waals surface area (Å²) >= 11 is 8.96. The molecule has 0 spiro atoms. The second-order valence-corrected chi connectivity index (χ2v) is 10.1. The number of hydrogen-bond donors (Lipinski definition) is 1. The van der Waals surface area contributed by atoms with Crippen LogP contribution in [0.2, 0.25) is 5.02 Å². The molecule has 1 radical (unpaired) electrons. The van der Waals surface area contributed by atoms with Crippen LogP contribution in [-0.2, 0) is 15.1 Å². The summed E-state index contributed by atoms with van der Waals surface area (Å²) in [5.74, 6) is -0.637. The molecule has 2 aliphatic rings. The first-order chi connectivity index (χ1) is 16.0. The Kier molecular flexibility index (Phi) is 6.47. The van der Waals surface area contributed by atoms with Crippen molar-refractivity contribution in [2.45, 2.75) is 16.9 Å². The maximum Gasteiger partial charge on any atom is 0.259 e. The highest BCUT2D eigenvalue weighted by molar-refractivity contribution is 8.04. The number of anilines is 1. The molecule has 3 heterocycles. The Balaban J connectivity index is 1.45. The monoisotopic (exact) mass is 499 g/mol. The lowest BCUT2D eigenvalue weighted by Gasteiger charge is -2.38. The van der Waals surface area contributed by atoms with E-state index in [-0.39, 0.29) is 10.9 Å². The number of thioether (sulfide) groups is 1. The number of morpholine rings is 1. The normalized spacial score (nSPS) is 21.0. The van der Waals surface area contributed by atoms with E-state index in [2.05, 4.69) is 45.9 Å². The molecule has 33 heavy (non-hydrogen) atoms. The Labute approximate surface area is 205 Å². The van der Waals surface area contributed by atoms with Crippen molar-refractivity contribution in [2.75, 3.05) is 31.2 Å². The third-order valence-corrected chi connectivity index (χ3v) is 8.12. The number of hydrogen-bond acceptors (Lipinski definition) is 5. The van der Waals surface area contributed by atoms with Crippen molar-refractivity contribution in [3.63, 3.8) is 0 Å². The topological polar surface area (TPSA) is 41.6 Å². The molecule has 2 aromatic carbocycles. The molecule has 5 rings (SSSR count). The van der Waals surface area contributed by atoms with Gasteiger partial charge in [-0.2, -0.15) is 11.3 Å². The van der Waals surface area contributed by atoms with Crippen LogP contribution in [0.15, 0.2) is 69.1 Å². The lowest BCUT2D eigenvalue weighted by molar-refractivity contribution is -0.118. The zero-order valence-electron chi connectivity index (χ0n) is 17.6. The van der Waals surface area contributed by atoms with Crippen molar-refractivity contribution in [1.29, 1.82) is 0 Å². The molecule has 169 valence electrons. The first-order valence-corrected chi connectivity index (χ1v) is 12.7. The average Bonchev–Trinajstić information content (AvgIpc) is 3.38. The molecule has 1 saturated heterocycles. The molecule has 4 nitrogen and oxygen atoms in total. The van der Waals surface area contributed by atoms with Gasteiger partial charge in [0.05, 0.1) is 28.7 Å². The standard InChI is InChI=1S/C25H21ClFN2O2S2/c26-21-15-19(27)3-6-22(21)33-23-7-9-25(28-24(23)30,18-8-14-32-16-18)17-1-4-20(5-2-17)29-10-12-31-13-11-29/h1-6,8,14-16H,9-13H2,(H,28,30). The number of rotatable bonds is 5. The SMILES string of the molecule is O=C1NC(c2ccc(N3CCOCC3)cc2)(c2ccsc2)C[C]=C1Sc1ccc(F)cc1Cl. The Morgan fingerprint density at radius 3 is 2.58 bits per heavy atom. The number of thiophene rings is 1. The van der Waals surface area contributed by atoms with Crippen LogP contribution in [0.5, 0.6) is 0 Å². The van der Waals surface area contributed by atoms with Gasteiger partial charge in [-0.25, -0.2) is 4.39 Å². The van der Waals surface area contributed by atoms with Crippen LogP contribution >= 0.6 is 34.7 Å². The minimum absolute atomic E-state index is 0.227. The van der Waals surface area contributed by atoms with Gasteiger partial charge in [0.15, 0.2) is 0 Å². The molecule has 2 aliphatic heterocycles. The number of nitrogens with zero attached hydrogens (tertiary/aromatic N) is 1. The van der Waals surface area contributed by atoms with Gasteiger partial charge in [0.1, 0.15) is 5.82 Å². The minimum atomic E-state index is -0.697. The first kappa shape index (κ1) is 22.5. The summed E-state index contributed by atoms with van der Waals surface area (Å²) < 4.78 is 18.8. The molecule has 1 unspecified atom stereocenters. The first-order valence-electron chi connectivity index (χ1n) is 10.6. The molecule has 1 N–H and O–H groups in total. The molecule has 0 saturated carbocycles. The highest BCUT2D eigenvalue weighted by Crippen LogP contribution is 2.42. The number of carbonyl (C=O) groups excluding carboxylic acids is 1. The maximum absolute atomic E-state index is 13.4. The molecule has 0 aliphatic carbocycles. The lowest BCUT2D eigenvalue weighted by Crippen LogP contribution is -2.49. The summed E-state index contributed by atoms with van der Waals surface area (Å²) in [4.78, 5) is 16.6. The smallest absolute Gasteiger partial charge is 0.259 e. The summed E-state index contributed by atoms with van der Waals surface area (Å²) in [6.45, 7) is 3.20. The fourth-order valence-corrected chi connectivity index (χ4v) is 5.95. The largest absolute Gasteiger partial charge is 0.378 e. The summed E-state index contributed by atoms with van der Waals surface area (Å²) in [5.41, 5.74) is 2.47. The van der Waals surface area contributed by atoms with Crippen LogP contribution in [0.25, 0.3) is 0 Å². The summed E-state index contributed by atoms with van der Waals surface area (Å²) in [6.07, 6.45) is 3.79. The Morgan fingerprint density at radius 2 is 1.91 bits per heavy atom. The van der Waals surface area contributed by atoms with Gasteiger partial charge in [0.25, 0.3) is 5.91 Å². The predicted molar refractivity (Wildman–Crippen MR) is 131 cm³/mol. The van der Waals surface area contributed by atoms with Gasteiger partial charge in [-0.05, 0) is 64.4 Å². The van der Waals surface area contributed by atoms with Gasteiger partial charge < -0.3 is 15.0 Å². The van der Waals surface area contributed by atoms with Crippen LogP contribution < -0.4 is 10.2 Å². The highest BCUT2D eigenvalue weighted by atomic mass is 35.5. The molecule has 1 atom stereocenters. The van der Waals surface area contributed by atoms with Gasteiger partial charge >= 0.3 is 0 Å². The van der Waals surface area contributed by atoms with E-state index in [0.29, 0.717) is 16.2 Å². The number of nitrogens with one attached hydrogen (secondary N) is 1. The summed E-state index contributed by atoms with van der Waals surface area (Å²) in [5, 5.41) is 7.59. The summed E-state index contributed by atoms with van der Waals surface area (Å²) in [6, 6.07) is 14.6. The van der Waals surface area contributed by atoms with E-state index in [4.69, 9.17) is 16.3 Å². The van der Waals surface area contributed by atoms with Gasteiger partial charge in [0.2, 0.25) is 0 Å². The second kappa shape index (κ2) is 9.50. The molecule has 0 bridgehead atoms. The van der Waals surface area contributed by atoms with E-state index in [1.807, 2.05) is 11.4 Å². The summed E-state index contributed by atoms with van der Waals surface area (Å²) in [7, 11) is 0. The molecule has 1 fully saturated rings. The van der Waals surface area contributed by atoms with E-state index in [1.165, 1.54) is 23.9 Å². The quantitative estimate of drug-likeness (QED) is 0.494. The second-order valence-electron chi connectivity index (χ2n) is 7.88. The predicted octanol–water partition coefficient (Wildman–Crippen LogP) is 5.62. The van der Waals surface area contributed by atoms with Gasteiger partial charge in [-0.15, -0.1) is 0 Å². The van der Waals surface area contributed by atoms with Gasteiger partial charge in [-0.1, -0.05) is 35.5 Å². The zero-order valence-corrected chi connectivity index (χ0v) is 20.0. The van der Waals surface area contributed by atoms with Gasteiger partial charge in [-0.3, -0.25) is 4.79 Å². The maximum atomic E-state index is 13.4. The van der Waals surface area contributed by atoms with Crippen LogP contribution in [0.1, 0.15) is 17.5 Å². The highest BCUT2D eigenvalue weighted by Gasteiger charge is 2.40. The van der Waals surface area contributed by atoms with E-state index in [9.17, 15) is 9.18 Å². The van der Waals surface area contributed by atoms with Crippen molar-refractivity contribution in [1.82, 2.24) is 5.32 Å². The Bertz CT molecular complexity index is 1180.